The largest absolute Gasteiger partial charge is 0.471 e. The molecule has 0 unspecified atom stereocenters. The molecule has 0 bridgehead atoms. The zero-order valence-electron chi connectivity index (χ0n) is 17.3. The smallest absolute Gasteiger partial charge is 0.376 e. The van der Waals surface area contributed by atoms with Crippen molar-refractivity contribution in [3.05, 3.63) is 84.7 Å². The van der Waals surface area contributed by atoms with Gasteiger partial charge in [0.1, 0.15) is 17.2 Å². The lowest BCUT2D eigenvalue weighted by molar-refractivity contribution is -0.159. The highest BCUT2D eigenvalue weighted by molar-refractivity contribution is 6.33. The van der Waals surface area contributed by atoms with E-state index in [0.717, 1.165) is 18.2 Å². The van der Waals surface area contributed by atoms with Crippen LogP contribution >= 0.6 is 11.6 Å². The Bertz CT molecular complexity index is 1520. The number of halogens is 8. The summed E-state index contributed by atoms with van der Waals surface area (Å²) >= 11 is 5.85. The maximum atomic E-state index is 14.5. The van der Waals surface area contributed by atoms with Crippen molar-refractivity contribution in [2.75, 3.05) is 10.6 Å². The number of hydrogen-bond acceptors (Lipinski definition) is 7. The predicted molar refractivity (Wildman–Crippen MR) is 113 cm³/mol. The molecule has 0 aliphatic rings. The van der Waals surface area contributed by atoms with Crippen molar-refractivity contribution in [1.29, 1.82) is 0 Å². The summed E-state index contributed by atoms with van der Waals surface area (Å²) < 4.78 is 94.8. The van der Waals surface area contributed by atoms with E-state index < -0.39 is 46.3 Å². The van der Waals surface area contributed by atoms with Gasteiger partial charge >= 0.3 is 18.2 Å². The quantitative estimate of drug-likeness (QED) is 0.248. The van der Waals surface area contributed by atoms with E-state index in [9.17, 15) is 40.3 Å². The van der Waals surface area contributed by atoms with Gasteiger partial charge in [0.15, 0.2) is 0 Å². The van der Waals surface area contributed by atoms with Gasteiger partial charge in [0, 0.05) is 17.7 Å². The van der Waals surface area contributed by atoms with E-state index in [1.807, 2.05) is 0 Å². The number of alkyl halides is 6. The first-order valence-corrected chi connectivity index (χ1v) is 10.0. The van der Waals surface area contributed by atoms with Gasteiger partial charge in [-0.05, 0) is 24.3 Å². The topological polar surface area (TPSA) is 97.1 Å². The van der Waals surface area contributed by atoms with E-state index >= 15 is 0 Å². The summed E-state index contributed by atoms with van der Waals surface area (Å²) in [5.41, 5.74) is -3.71. The van der Waals surface area contributed by atoms with Gasteiger partial charge in [0.25, 0.3) is 10.9 Å². The summed E-state index contributed by atoms with van der Waals surface area (Å²) in [6.07, 6.45) is -9.51. The summed E-state index contributed by atoms with van der Waals surface area (Å²) in [5, 5.41) is 7.83. The highest BCUT2D eigenvalue weighted by Gasteiger charge is 2.38. The first kappa shape index (κ1) is 25.2. The molecule has 7 nitrogen and oxygen atoms in total. The van der Waals surface area contributed by atoms with Gasteiger partial charge in [-0.3, -0.25) is 9.59 Å². The van der Waals surface area contributed by atoms with Crippen LogP contribution in [0.5, 0.6) is 0 Å². The number of anilines is 3. The molecule has 0 spiro atoms. The molecular formula is C21H10ClF7N4O3. The molecule has 1 heterocycles. The lowest BCUT2D eigenvalue weighted by Crippen LogP contribution is -2.36. The zero-order chi connectivity index (χ0) is 26.4. The average molecular weight is 535 g/mol. The molecule has 36 heavy (non-hydrogen) atoms. The number of aromatic nitrogens is 2. The molecule has 0 radical (unpaired) electrons. The Hall–Kier alpha value is -3.94. The third-order valence-electron chi connectivity index (χ3n) is 4.90. The van der Waals surface area contributed by atoms with Crippen LogP contribution in [-0.2, 0) is 18.9 Å². The van der Waals surface area contributed by atoms with Gasteiger partial charge in [0.05, 0.1) is 16.3 Å². The molecule has 0 saturated carbocycles. The molecule has 0 amide bonds. The third kappa shape index (κ3) is 4.89. The molecule has 3 aromatic carbocycles. The van der Waals surface area contributed by atoms with Crippen molar-refractivity contribution in [1.82, 2.24) is 10.1 Å². The minimum absolute atomic E-state index is 0.0372. The molecule has 0 aliphatic heterocycles. The summed E-state index contributed by atoms with van der Waals surface area (Å²) in [7, 11) is 0. The fourth-order valence-corrected chi connectivity index (χ4v) is 3.30. The summed E-state index contributed by atoms with van der Waals surface area (Å²) in [5.74, 6) is -2.99. The Morgan fingerprint density at radius 3 is 2.19 bits per heavy atom. The van der Waals surface area contributed by atoms with Crippen molar-refractivity contribution in [3.63, 3.8) is 0 Å². The Morgan fingerprint density at radius 2 is 1.61 bits per heavy atom. The van der Waals surface area contributed by atoms with E-state index in [1.165, 1.54) is 12.1 Å². The van der Waals surface area contributed by atoms with E-state index in [-0.39, 0.29) is 39.8 Å². The first-order valence-electron chi connectivity index (χ1n) is 9.66. The number of benzene rings is 2. The Kier molecular flexibility index (Phi) is 6.24. The number of nitrogens with zero attached hydrogens (tertiary/aromatic N) is 2. The lowest BCUT2D eigenvalue weighted by Gasteiger charge is -2.17. The molecule has 1 aromatic heterocycles. The van der Waals surface area contributed by atoms with Crippen molar-refractivity contribution in [3.8, 4) is 11.4 Å². The maximum absolute atomic E-state index is 14.5. The number of nitrogens with one attached hydrogen (secondary N) is 2. The second-order valence-corrected chi connectivity index (χ2v) is 7.71. The Labute approximate surface area is 200 Å². The van der Waals surface area contributed by atoms with E-state index in [1.54, 1.807) is 0 Å². The van der Waals surface area contributed by atoms with E-state index in [0.29, 0.717) is 6.07 Å². The second-order valence-electron chi connectivity index (χ2n) is 7.31. The monoisotopic (exact) mass is 534 g/mol. The number of rotatable bonds is 6. The summed E-state index contributed by atoms with van der Waals surface area (Å²) in [4.78, 5) is 27.1. The van der Waals surface area contributed by atoms with Crippen molar-refractivity contribution >= 4 is 28.7 Å². The van der Waals surface area contributed by atoms with Crippen molar-refractivity contribution in [2.45, 2.75) is 18.9 Å². The second kappa shape index (κ2) is 8.93. The van der Waals surface area contributed by atoms with Crippen LogP contribution in [0.3, 0.4) is 0 Å². The molecule has 15 heteroatoms. The maximum Gasteiger partial charge on any atom is 0.471 e. The first-order chi connectivity index (χ1) is 16.8. The van der Waals surface area contributed by atoms with E-state index in [2.05, 4.69) is 25.3 Å². The molecule has 2 N–H and O–H groups in total. The molecular weight excluding hydrogens is 525 g/mol. The van der Waals surface area contributed by atoms with Crippen LogP contribution in [0.1, 0.15) is 17.0 Å². The van der Waals surface area contributed by atoms with Gasteiger partial charge in [-0.15, -0.1) is 0 Å². The van der Waals surface area contributed by atoms with Gasteiger partial charge in [-0.25, -0.2) is 4.39 Å². The molecule has 0 aliphatic carbocycles. The van der Waals surface area contributed by atoms with Gasteiger partial charge in [-0.1, -0.05) is 28.9 Å². The fourth-order valence-electron chi connectivity index (χ4n) is 3.08. The molecule has 0 saturated heterocycles. The lowest BCUT2D eigenvalue weighted by atomic mass is 10.1. The van der Waals surface area contributed by atoms with Gasteiger partial charge < -0.3 is 15.2 Å². The summed E-state index contributed by atoms with van der Waals surface area (Å²) in [6.45, 7) is -0.327. The molecule has 4 aromatic rings. The predicted octanol–water partition coefficient (Wildman–Crippen LogP) is 5.52. The standard InChI is InChI=1S/C21H10ClF7N4O3/c22-11-6-10(20(24,25)26)3-4-13(11)31-15-14(16(34)17(15)35)30-7-9-2-1-8(5-12(9)23)18-32-19(36-33-18)21(27,28)29/h1-6,30-31H,7H2. The van der Waals surface area contributed by atoms with Crippen molar-refractivity contribution in [2.24, 2.45) is 0 Å². The molecule has 0 fully saturated rings. The SMILES string of the molecule is O=c1c(NCc2ccc(-c3noc(C(F)(F)F)n3)cc2F)c(Nc2ccc(C(F)(F)F)cc2Cl)c1=O. The summed E-state index contributed by atoms with van der Waals surface area (Å²) in [6, 6.07) is 5.60. The van der Waals surface area contributed by atoms with Crippen LogP contribution in [0.2, 0.25) is 5.02 Å². The Morgan fingerprint density at radius 1 is 0.917 bits per heavy atom. The minimum Gasteiger partial charge on any atom is -0.376 e. The van der Waals surface area contributed by atoms with Crippen LogP contribution in [0.15, 0.2) is 50.5 Å². The minimum atomic E-state index is -4.87. The van der Waals surface area contributed by atoms with Crippen molar-refractivity contribution < 1.29 is 35.3 Å². The van der Waals surface area contributed by atoms with Crippen LogP contribution in [0, 0.1) is 5.82 Å². The zero-order valence-corrected chi connectivity index (χ0v) is 18.1. The van der Waals surface area contributed by atoms with Crippen LogP contribution in [0.25, 0.3) is 11.4 Å². The molecule has 4 rings (SSSR count). The van der Waals surface area contributed by atoms with Gasteiger partial charge in [-0.2, -0.15) is 31.3 Å². The normalized spacial score (nSPS) is 12.2. The van der Waals surface area contributed by atoms with Crippen LogP contribution in [0.4, 0.5) is 47.8 Å². The van der Waals surface area contributed by atoms with E-state index in [4.69, 9.17) is 11.6 Å². The molecule has 188 valence electrons. The average Bonchev–Trinajstić information content (AvgIpc) is 3.30. The third-order valence-corrected chi connectivity index (χ3v) is 5.21. The molecule has 0 atom stereocenters. The van der Waals surface area contributed by atoms with Gasteiger partial charge in [0.2, 0.25) is 5.82 Å². The van der Waals surface area contributed by atoms with Crippen LogP contribution in [-0.4, -0.2) is 10.1 Å². The fraction of sp³-hybridized carbons (Fsp3) is 0.143. The highest BCUT2D eigenvalue weighted by atomic mass is 35.5. The number of hydrogen-bond donors (Lipinski definition) is 2. The highest BCUT2D eigenvalue weighted by Crippen LogP contribution is 2.35. The van der Waals surface area contributed by atoms with Crippen LogP contribution < -0.4 is 21.5 Å². The Balaban J connectivity index is 1.49.